The Morgan fingerprint density at radius 2 is 1.70 bits per heavy atom. The fourth-order valence-corrected chi connectivity index (χ4v) is 4.69. The van der Waals surface area contributed by atoms with Crippen LogP contribution in [-0.2, 0) is 19.6 Å². The normalized spacial score (nSPS) is 25.1. The van der Waals surface area contributed by atoms with Gasteiger partial charge in [0, 0.05) is 66.8 Å². The first-order valence-corrected chi connectivity index (χ1v) is 11.1. The quantitative estimate of drug-likeness (QED) is 0.621. The molecule has 2 saturated heterocycles. The van der Waals surface area contributed by atoms with Gasteiger partial charge in [-0.3, -0.25) is 14.5 Å². The minimum absolute atomic E-state index is 0.00672. The van der Waals surface area contributed by atoms with Crippen LogP contribution in [0.2, 0.25) is 0 Å². The summed E-state index contributed by atoms with van der Waals surface area (Å²) in [6.07, 6.45) is 2.11. The minimum atomic E-state index is -3.40. The molecule has 1 unspecified atom stereocenters. The van der Waals surface area contributed by atoms with Crippen LogP contribution in [0.1, 0.15) is 19.8 Å². The Hall–Kier alpha value is -1.23. The molecule has 9 nitrogen and oxygen atoms in total. The summed E-state index contributed by atoms with van der Waals surface area (Å²) in [6.45, 7) is 4.23. The number of sulfonamides is 1. The summed E-state index contributed by atoms with van der Waals surface area (Å²) in [6, 6.07) is 0. The minimum Gasteiger partial charge on any atom is -0.388 e. The molecule has 2 rings (SSSR count). The largest absolute Gasteiger partial charge is 0.388 e. The average Bonchev–Trinajstić information content (AvgIpc) is 2.76. The molecule has 10 heteroatoms. The van der Waals surface area contributed by atoms with Gasteiger partial charge in [-0.15, -0.1) is 0 Å². The van der Waals surface area contributed by atoms with E-state index in [0.29, 0.717) is 52.1 Å². The maximum Gasteiger partial charge on any atom is 0.227 e. The molecule has 0 bridgehead atoms. The predicted octanol–water partition coefficient (Wildman–Crippen LogP) is -1.36. The van der Waals surface area contributed by atoms with Crippen LogP contribution < -0.4 is 0 Å². The van der Waals surface area contributed by atoms with Crippen LogP contribution >= 0.6 is 0 Å². The topological polar surface area (TPSA) is 101 Å². The fraction of sp³-hybridized carbons (Fsp3) is 0.882. The molecule has 2 heterocycles. The highest BCUT2D eigenvalue weighted by Gasteiger charge is 2.38. The summed E-state index contributed by atoms with van der Waals surface area (Å²) in [5, 5.41) is 11.0. The number of amides is 2. The van der Waals surface area contributed by atoms with Crippen molar-refractivity contribution in [3.05, 3.63) is 0 Å². The average molecular weight is 405 g/mol. The maximum atomic E-state index is 12.5. The molecule has 1 N–H and O–H groups in total. The molecule has 2 amide bonds. The number of hydrogen-bond acceptors (Lipinski definition) is 6. The van der Waals surface area contributed by atoms with E-state index in [2.05, 4.69) is 0 Å². The molecule has 0 saturated carbocycles. The van der Waals surface area contributed by atoms with Gasteiger partial charge in [0.1, 0.15) is 0 Å². The summed E-state index contributed by atoms with van der Waals surface area (Å²) in [4.78, 5) is 29.2. The zero-order chi connectivity index (χ0) is 20.4. The second-order valence-electron chi connectivity index (χ2n) is 8.02. The lowest BCUT2D eigenvalue weighted by molar-refractivity contribution is -0.136. The van der Waals surface area contributed by atoms with Crippen LogP contribution in [0.25, 0.3) is 0 Å². The van der Waals surface area contributed by atoms with E-state index in [1.807, 2.05) is 4.90 Å². The zero-order valence-corrected chi connectivity index (χ0v) is 17.5. The molecule has 2 aliphatic heterocycles. The Balaban J connectivity index is 2.10. The molecule has 0 aromatic rings. The lowest BCUT2D eigenvalue weighted by atomic mass is 9.90. The lowest BCUT2D eigenvalue weighted by Gasteiger charge is -2.41. The number of β-amino-alcohol motifs (C(OH)–C–C–N with tert-alkyl or cyclic N) is 1. The smallest absolute Gasteiger partial charge is 0.227 e. The molecular formula is C17H32N4O5S. The standard InChI is InChI=1S/C17H32N4O5S/c1-14(22)20-7-5-17(24,6-8-20)13-19-9-10-21(27(4,25)26)12-15(11-19)16(23)18(2)3/h15,24H,5-13H2,1-4H3. The van der Waals surface area contributed by atoms with Gasteiger partial charge in [-0.05, 0) is 12.8 Å². The van der Waals surface area contributed by atoms with Crippen molar-refractivity contribution >= 4 is 21.8 Å². The van der Waals surface area contributed by atoms with Crippen molar-refractivity contribution in [2.75, 3.05) is 66.2 Å². The third-order valence-electron chi connectivity index (χ3n) is 5.48. The number of nitrogens with zero attached hydrogens (tertiary/aromatic N) is 4. The summed E-state index contributed by atoms with van der Waals surface area (Å²) < 4.78 is 25.4. The molecule has 0 spiro atoms. The summed E-state index contributed by atoms with van der Waals surface area (Å²) in [5.74, 6) is -0.584. The van der Waals surface area contributed by atoms with E-state index in [4.69, 9.17) is 0 Å². The van der Waals surface area contributed by atoms with Crippen molar-refractivity contribution in [3.8, 4) is 0 Å². The molecule has 0 radical (unpaired) electrons. The monoisotopic (exact) mass is 404 g/mol. The number of piperidine rings is 1. The Morgan fingerprint density at radius 1 is 1.11 bits per heavy atom. The predicted molar refractivity (Wildman–Crippen MR) is 101 cm³/mol. The molecular weight excluding hydrogens is 372 g/mol. The Labute approximate surface area is 161 Å². The van der Waals surface area contributed by atoms with Crippen LogP contribution in [0.5, 0.6) is 0 Å². The zero-order valence-electron chi connectivity index (χ0n) is 16.7. The van der Waals surface area contributed by atoms with Crippen molar-refractivity contribution in [1.29, 1.82) is 0 Å². The first-order valence-electron chi connectivity index (χ1n) is 9.28. The van der Waals surface area contributed by atoms with Crippen LogP contribution in [0, 0.1) is 5.92 Å². The summed E-state index contributed by atoms with van der Waals surface area (Å²) in [5.41, 5.74) is -0.933. The highest BCUT2D eigenvalue weighted by atomic mass is 32.2. The Bertz CT molecular complexity index is 658. The molecule has 2 aliphatic rings. The second-order valence-corrected chi connectivity index (χ2v) is 10.00. The van der Waals surface area contributed by atoms with E-state index >= 15 is 0 Å². The van der Waals surface area contributed by atoms with E-state index in [1.165, 1.54) is 16.1 Å². The van der Waals surface area contributed by atoms with Crippen LogP contribution in [0.15, 0.2) is 0 Å². The van der Waals surface area contributed by atoms with Crippen molar-refractivity contribution < 1.29 is 23.1 Å². The number of likely N-dealkylation sites (tertiary alicyclic amines) is 1. The summed E-state index contributed by atoms with van der Waals surface area (Å²) in [7, 11) is -0.0804. The van der Waals surface area contributed by atoms with Crippen LogP contribution in [0.4, 0.5) is 0 Å². The van der Waals surface area contributed by atoms with Crippen LogP contribution in [0.3, 0.4) is 0 Å². The van der Waals surface area contributed by atoms with Gasteiger partial charge >= 0.3 is 0 Å². The first-order chi connectivity index (χ1) is 12.4. The van der Waals surface area contributed by atoms with Crippen molar-refractivity contribution in [2.24, 2.45) is 5.92 Å². The first kappa shape index (κ1) is 22.1. The number of carbonyl (C=O) groups excluding carboxylic acids is 2. The van der Waals surface area contributed by atoms with Gasteiger partial charge in [0.05, 0.1) is 17.8 Å². The Morgan fingerprint density at radius 3 is 2.19 bits per heavy atom. The number of rotatable bonds is 4. The van der Waals surface area contributed by atoms with E-state index < -0.39 is 21.5 Å². The van der Waals surface area contributed by atoms with Gasteiger partial charge in [-0.2, -0.15) is 0 Å². The second kappa shape index (κ2) is 8.42. The van der Waals surface area contributed by atoms with Gasteiger partial charge in [-0.25, -0.2) is 12.7 Å². The molecule has 156 valence electrons. The summed E-state index contributed by atoms with van der Waals surface area (Å²) >= 11 is 0. The molecule has 0 aromatic carbocycles. The van der Waals surface area contributed by atoms with Gasteiger partial charge in [0.2, 0.25) is 21.8 Å². The maximum absolute atomic E-state index is 12.5. The molecule has 2 fully saturated rings. The molecule has 0 aromatic heterocycles. The molecule has 27 heavy (non-hydrogen) atoms. The van der Waals surface area contributed by atoms with Crippen LogP contribution in [-0.4, -0.2) is 116 Å². The van der Waals surface area contributed by atoms with Crippen molar-refractivity contribution in [3.63, 3.8) is 0 Å². The Kier molecular flexibility index (Phi) is 6.88. The van der Waals surface area contributed by atoms with E-state index in [-0.39, 0.29) is 18.4 Å². The number of aliphatic hydroxyl groups is 1. The number of carbonyl (C=O) groups is 2. The highest BCUT2D eigenvalue weighted by molar-refractivity contribution is 7.88. The van der Waals surface area contributed by atoms with E-state index in [9.17, 15) is 23.1 Å². The lowest BCUT2D eigenvalue weighted by Crippen LogP contribution is -2.53. The van der Waals surface area contributed by atoms with Gasteiger partial charge in [0.15, 0.2) is 0 Å². The van der Waals surface area contributed by atoms with Crippen molar-refractivity contribution in [1.82, 2.24) is 19.0 Å². The SMILES string of the molecule is CC(=O)N1CCC(O)(CN2CCN(S(C)(=O)=O)CC(C(=O)N(C)C)C2)CC1. The van der Waals surface area contributed by atoms with E-state index in [1.54, 1.807) is 19.0 Å². The highest BCUT2D eigenvalue weighted by Crippen LogP contribution is 2.25. The van der Waals surface area contributed by atoms with E-state index in [0.717, 1.165) is 6.26 Å². The third-order valence-corrected chi connectivity index (χ3v) is 6.75. The van der Waals surface area contributed by atoms with Gasteiger partial charge < -0.3 is 14.9 Å². The molecule has 1 atom stereocenters. The van der Waals surface area contributed by atoms with Gasteiger partial charge in [-0.1, -0.05) is 0 Å². The van der Waals surface area contributed by atoms with Crippen molar-refractivity contribution in [2.45, 2.75) is 25.4 Å². The number of hydrogen-bond donors (Lipinski definition) is 1. The fourth-order valence-electron chi connectivity index (χ4n) is 3.83. The van der Waals surface area contributed by atoms with Gasteiger partial charge in [0.25, 0.3) is 0 Å². The molecule has 0 aliphatic carbocycles. The third kappa shape index (κ3) is 5.87.